The summed E-state index contributed by atoms with van der Waals surface area (Å²) in [6, 6.07) is 1.14. The molecule has 1 N–H and O–H groups in total. The van der Waals surface area contributed by atoms with E-state index in [1.807, 2.05) is 0 Å². The highest BCUT2D eigenvalue weighted by Gasteiger charge is 2.47. The Morgan fingerprint density at radius 3 is 2.52 bits per heavy atom. The van der Waals surface area contributed by atoms with Crippen LogP contribution in [-0.2, 0) is 4.79 Å². The standard InChI is InChI=1S/C21H37N3O/c1-6-17(12-22-5)19-9-10-20-21(11-19)23(15(3)18-7-8-18)13-14(2)24(20)16(4)25/h14,17-22H,3,6-13H2,1-2,4-5H3. The van der Waals surface area contributed by atoms with Crippen LogP contribution in [0, 0.1) is 17.8 Å². The molecule has 5 atom stereocenters. The largest absolute Gasteiger partial charge is 0.368 e. The predicted octanol–water partition coefficient (Wildman–Crippen LogP) is 3.25. The SMILES string of the molecule is C=C(C1CC1)N1CC(C)N(C(C)=O)C2CCC(C(CC)CNC)CC21. The van der Waals surface area contributed by atoms with Gasteiger partial charge in [-0.25, -0.2) is 0 Å². The Hall–Kier alpha value is -1.03. The lowest BCUT2D eigenvalue weighted by Gasteiger charge is -2.56. The van der Waals surface area contributed by atoms with Gasteiger partial charge in [-0.05, 0) is 70.4 Å². The highest BCUT2D eigenvalue weighted by Crippen LogP contribution is 2.44. The number of hydrogen-bond donors (Lipinski definition) is 1. The fourth-order valence-electron chi connectivity index (χ4n) is 5.52. The summed E-state index contributed by atoms with van der Waals surface area (Å²) in [6.45, 7) is 12.8. The van der Waals surface area contributed by atoms with Gasteiger partial charge in [0.2, 0.25) is 5.91 Å². The van der Waals surface area contributed by atoms with Crippen molar-refractivity contribution in [2.75, 3.05) is 20.1 Å². The second kappa shape index (κ2) is 7.69. The second-order valence-corrected chi connectivity index (χ2v) is 8.63. The summed E-state index contributed by atoms with van der Waals surface area (Å²) in [5, 5.41) is 3.39. The summed E-state index contributed by atoms with van der Waals surface area (Å²) in [5.41, 5.74) is 1.35. The van der Waals surface area contributed by atoms with Gasteiger partial charge in [-0.1, -0.05) is 19.9 Å². The van der Waals surface area contributed by atoms with Crippen molar-refractivity contribution in [2.24, 2.45) is 17.8 Å². The zero-order chi connectivity index (χ0) is 18.1. The van der Waals surface area contributed by atoms with Crippen LogP contribution in [0.2, 0.25) is 0 Å². The summed E-state index contributed by atoms with van der Waals surface area (Å²) in [5.74, 6) is 2.46. The van der Waals surface area contributed by atoms with Gasteiger partial charge in [0.1, 0.15) is 0 Å². The quantitative estimate of drug-likeness (QED) is 0.801. The van der Waals surface area contributed by atoms with E-state index in [0.717, 1.165) is 31.3 Å². The number of fused-ring (bicyclic) bond motifs is 1. The normalized spacial score (nSPS) is 33.8. The average molecular weight is 348 g/mol. The van der Waals surface area contributed by atoms with E-state index in [0.29, 0.717) is 24.0 Å². The molecule has 0 spiro atoms. The van der Waals surface area contributed by atoms with E-state index in [2.05, 4.69) is 42.6 Å². The smallest absolute Gasteiger partial charge is 0.220 e. The Bertz CT molecular complexity index is 501. The first-order valence-electron chi connectivity index (χ1n) is 10.4. The van der Waals surface area contributed by atoms with Gasteiger partial charge in [0.15, 0.2) is 0 Å². The van der Waals surface area contributed by atoms with Gasteiger partial charge in [0.05, 0.1) is 6.04 Å². The zero-order valence-corrected chi connectivity index (χ0v) is 16.6. The van der Waals surface area contributed by atoms with E-state index in [1.54, 1.807) is 6.92 Å². The van der Waals surface area contributed by atoms with Gasteiger partial charge in [0.25, 0.3) is 0 Å². The van der Waals surface area contributed by atoms with Crippen LogP contribution in [0.5, 0.6) is 0 Å². The number of carbonyl (C=O) groups excluding carboxylic acids is 1. The van der Waals surface area contributed by atoms with Crippen LogP contribution in [0.15, 0.2) is 12.3 Å². The number of nitrogens with zero attached hydrogens (tertiary/aromatic N) is 2. The van der Waals surface area contributed by atoms with Crippen LogP contribution in [0.3, 0.4) is 0 Å². The molecule has 2 saturated carbocycles. The van der Waals surface area contributed by atoms with E-state index in [1.165, 1.54) is 37.8 Å². The first-order chi connectivity index (χ1) is 12.0. The van der Waals surface area contributed by atoms with Crippen molar-refractivity contribution in [2.45, 2.75) is 77.4 Å². The van der Waals surface area contributed by atoms with E-state index in [9.17, 15) is 4.79 Å². The van der Waals surface area contributed by atoms with E-state index in [4.69, 9.17) is 0 Å². The number of carbonyl (C=O) groups is 1. The maximum Gasteiger partial charge on any atom is 0.220 e. The van der Waals surface area contributed by atoms with Crippen molar-refractivity contribution in [3.63, 3.8) is 0 Å². The maximum atomic E-state index is 12.3. The highest BCUT2D eigenvalue weighted by atomic mass is 16.2. The van der Waals surface area contributed by atoms with Gasteiger partial charge in [-0.15, -0.1) is 0 Å². The fraction of sp³-hybridized carbons (Fsp3) is 0.857. The molecule has 1 heterocycles. The Kier molecular flexibility index (Phi) is 5.77. The third-order valence-electron chi connectivity index (χ3n) is 6.95. The van der Waals surface area contributed by atoms with Gasteiger partial charge >= 0.3 is 0 Å². The molecule has 5 unspecified atom stereocenters. The molecule has 4 heteroatoms. The molecule has 3 rings (SSSR count). The molecule has 3 aliphatic rings. The average Bonchev–Trinajstić information content (AvgIpc) is 3.42. The van der Waals surface area contributed by atoms with Gasteiger partial charge < -0.3 is 15.1 Å². The Labute approximate surface area is 154 Å². The molecule has 2 aliphatic carbocycles. The molecule has 3 fully saturated rings. The lowest BCUT2D eigenvalue weighted by atomic mass is 9.72. The number of nitrogens with one attached hydrogen (secondary N) is 1. The number of rotatable bonds is 6. The fourth-order valence-corrected chi connectivity index (χ4v) is 5.52. The van der Waals surface area contributed by atoms with Crippen LogP contribution < -0.4 is 5.32 Å². The summed E-state index contributed by atoms with van der Waals surface area (Å²) < 4.78 is 0. The third kappa shape index (κ3) is 3.74. The molecule has 1 amide bonds. The van der Waals surface area contributed by atoms with E-state index < -0.39 is 0 Å². The van der Waals surface area contributed by atoms with Crippen molar-refractivity contribution in [3.05, 3.63) is 12.3 Å². The van der Waals surface area contributed by atoms with Gasteiger partial charge in [-0.2, -0.15) is 0 Å². The number of piperazine rings is 1. The van der Waals surface area contributed by atoms with Crippen molar-refractivity contribution in [1.82, 2.24) is 15.1 Å². The second-order valence-electron chi connectivity index (χ2n) is 8.63. The van der Waals surface area contributed by atoms with E-state index in [-0.39, 0.29) is 5.91 Å². The molecule has 1 aliphatic heterocycles. The van der Waals surface area contributed by atoms with Crippen LogP contribution >= 0.6 is 0 Å². The lowest BCUT2D eigenvalue weighted by molar-refractivity contribution is -0.142. The van der Waals surface area contributed by atoms with Crippen molar-refractivity contribution in [1.29, 1.82) is 0 Å². The maximum absolute atomic E-state index is 12.3. The summed E-state index contributed by atoms with van der Waals surface area (Å²) in [4.78, 5) is 17.1. The van der Waals surface area contributed by atoms with Crippen molar-refractivity contribution < 1.29 is 4.79 Å². The van der Waals surface area contributed by atoms with Crippen molar-refractivity contribution in [3.8, 4) is 0 Å². The minimum Gasteiger partial charge on any atom is -0.368 e. The predicted molar refractivity (Wildman–Crippen MR) is 103 cm³/mol. The van der Waals surface area contributed by atoms with Crippen LogP contribution in [0.4, 0.5) is 0 Å². The number of amides is 1. The van der Waals surface area contributed by atoms with Crippen LogP contribution in [-0.4, -0.2) is 54.0 Å². The Morgan fingerprint density at radius 1 is 1.24 bits per heavy atom. The van der Waals surface area contributed by atoms with Crippen LogP contribution in [0.1, 0.15) is 59.3 Å². The molecule has 0 bridgehead atoms. The number of hydrogen-bond acceptors (Lipinski definition) is 3. The highest BCUT2D eigenvalue weighted by molar-refractivity contribution is 5.74. The molecular weight excluding hydrogens is 310 g/mol. The molecule has 0 aromatic rings. The molecule has 0 radical (unpaired) electrons. The summed E-state index contributed by atoms with van der Waals surface area (Å²) in [6.07, 6.45) is 7.46. The molecular formula is C21H37N3O. The molecule has 25 heavy (non-hydrogen) atoms. The first kappa shape index (κ1) is 18.8. The minimum atomic E-state index is 0.250. The van der Waals surface area contributed by atoms with E-state index >= 15 is 0 Å². The molecule has 0 aromatic carbocycles. The minimum absolute atomic E-state index is 0.250. The molecule has 0 aromatic heterocycles. The van der Waals surface area contributed by atoms with Gasteiger partial charge in [0, 0.05) is 31.2 Å². The molecule has 142 valence electrons. The Balaban J connectivity index is 1.81. The molecule has 1 saturated heterocycles. The monoisotopic (exact) mass is 347 g/mol. The van der Waals surface area contributed by atoms with Crippen LogP contribution in [0.25, 0.3) is 0 Å². The van der Waals surface area contributed by atoms with Crippen molar-refractivity contribution >= 4 is 5.91 Å². The zero-order valence-electron chi connectivity index (χ0n) is 16.6. The lowest BCUT2D eigenvalue weighted by Crippen LogP contribution is -2.65. The first-order valence-corrected chi connectivity index (χ1v) is 10.4. The van der Waals surface area contributed by atoms with Gasteiger partial charge in [-0.3, -0.25) is 4.79 Å². The summed E-state index contributed by atoms with van der Waals surface area (Å²) >= 11 is 0. The molecule has 4 nitrogen and oxygen atoms in total. The summed E-state index contributed by atoms with van der Waals surface area (Å²) in [7, 11) is 2.06. The Morgan fingerprint density at radius 2 is 1.96 bits per heavy atom. The topological polar surface area (TPSA) is 35.6 Å². The number of allylic oxidation sites excluding steroid dienone is 1. The third-order valence-corrected chi connectivity index (χ3v) is 6.95.